The molecule has 7 nitrogen and oxygen atoms in total. The Kier molecular flexibility index (Phi) is 4.33. The molecule has 0 saturated carbocycles. The standard InChI is InChI=1S/C20H18N4O3/c1-23-18(14-7-3-2-4-8-14)22-24(20(23)26)12-11-21-19(25)17-13-15-9-5-6-10-16(15)27-17/h2-10,13H,11-12H2,1H3,(H,21,25). The maximum absolute atomic E-state index is 12.4. The van der Waals surface area contributed by atoms with Gasteiger partial charge in [-0.25, -0.2) is 9.48 Å². The van der Waals surface area contributed by atoms with Crippen LogP contribution in [0, 0.1) is 0 Å². The van der Waals surface area contributed by atoms with Crippen LogP contribution in [0.1, 0.15) is 10.6 Å². The number of hydrogen-bond acceptors (Lipinski definition) is 4. The highest BCUT2D eigenvalue weighted by molar-refractivity contribution is 5.96. The van der Waals surface area contributed by atoms with Crippen molar-refractivity contribution in [1.82, 2.24) is 19.7 Å². The molecule has 2 heterocycles. The number of aromatic nitrogens is 3. The van der Waals surface area contributed by atoms with Crippen LogP contribution in [-0.2, 0) is 13.6 Å². The third-order valence-corrected chi connectivity index (χ3v) is 4.33. The van der Waals surface area contributed by atoms with Gasteiger partial charge in [-0.05, 0) is 12.1 Å². The summed E-state index contributed by atoms with van der Waals surface area (Å²) in [5, 5.41) is 8.01. The van der Waals surface area contributed by atoms with Crippen molar-refractivity contribution in [3.8, 4) is 11.4 Å². The first-order chi connectivity index (χ1) is 13.1. The Morgan fingerprint density at radius 1 is 1.11 bits per heavy atom. The van der Waals surface area contributed by atoms with Crippen LogP contribution in [0.5, 0.6) is 0 Å². The Morgan fingerprint density at radius 3 is 2.63 bits per heavy atom. The summed E-state index contributed by atoms with van der Waals surface area (Å²) >= 11 is 0. The molecule has 0 spiro atoms. The van der Waals surface area contributed by atoms with Gasteiger partial charge in [-0.2, -0.15) is 0 Å². The lowest BCUT2D eigenvalue weighted by atomic mass is 10.2. The molecule has 1 N–H and O–H groups in total. The molecule has 0 saturated heterocycles. The van der Waals surface area contributed by atoms with E-state index in [4.69, 9.17) is 4.42 Å². The highest BCUT2D eigenvalue weighted by atomic mass is 16.3. The summed E-state index contributed by atoms with van der Waals surface area (Å²) in [4.78, 5) is 24.6. The average molecular weight is 362 g/mol. The predicted octanol–water partition coefficient (Wildman–Crippen LogP) is 2.43. The molecule has 0 unspecified atom stereocenters. The summed E-state index contributed by atoms with van der Waals surface area (Å²) in [5.74, 6) is 0.511. The van der Waals surface area contributed by atoms with Crippen LogP contribution in [0.4, 0.5) is 0 Å². The van der Waals surface area contributed by atoms with E-state index in [1.54, 1.807) is 13.1 Å². The molecule has 7 heteroatoms. The van der Waals surface area contributed by atoms with Gasteiger partial charge in [-0.1, -0.05) is 48.5 Å². The van der Waals surface area contributed by atoms with Gasteiger partial charge in [0.2, 0.25) is 0 Å². The summed E-state index contributed by atoms with van der Waals surface area (Å²) in [7, 11) is 1.68. The second-order valence-electron chi connectivity index (χ2n) is 6.16. The van der Waals surface area contributed by atoms with E-state index in [0.717, 1.165) is 10.9 Å². The van der Waals surface area contributed by atoms with Crippen LogP contribution < -0.4 is 11.0 Å². The second-order valence-corrected chi connectivity index (χ2v) is 6.16. The number of hydrogen-bond donors (Lipinski definition) is 1. The van der Waals surface area contributed by atoms with Gasteiger partial charge in [0.1, 0.15) is 5.58 Å². The van der Waals surface area contributed by atoms with Gasteiger partial charge in [0.25, 0.3) is 5.91 Å². The summed E-state index contributed by atoms with van der Waals surface area (Å²) in [6, 6.07) is 18.6. The Labute approximate surface area is 154 Å². The zero-order chi connectivity index (χ0) is 18.8. The van der Waals surface area contributed by atoms with Crippen molar-refractivity contribution >= 4 is 16.9 Å². The zero-order valence-corrected chi connectivity index (χ0v) is 14.8. The Bertz CT molecular complexity index is 1120. The molecule has 0 aliphatic carbocycles. The number of nitrogens with one attached hydrogen (secondary N) is 1. The van der Waals surface area contributed by atoms with E-state index in [2.05, 4.69) is 10.4 Å². The largest absolute Gasteiger partial charge is 0.451 e. The van der Waals surface area contributed by atoms with Crippen LogP contribution in [0.15, 0.2) is 69.9 Å². The smallest absolute Gasteiger partial charge is 0.345 e. The zero-order valence-electron chi connectivity index (χ0n) is 14.8. The molecular formula is C20H18N4O3. The second kappa shape index (κ2) is 6.95. The summed E-state index contributed by atoms with van der Waals surface area (Å²) in [6.07, 6.45) is 0. The van der Waals surface area contributed by atoms with Crippen molar-refractivity contribution in [2.24, 2.45) is 7.05 Å². The van der Waals surface area contributed by atoms with Crippen molar-refractivity contribution < 1.29 is 9.21 Å². The van der Waals surface area contributed by atoms with Crippen molar-refractivity contribution in [1.29, 1.82) is 0 Å². The first-order valence-electron chi connectivity index (χ1n) is 8.59. The molecule has 2 aromatic carbocycles. The lowest BCUT2D eigenvalue weighted by Gasteiger charge is -2.02. The number of carbonyl (C=O) groups excluding carboxylic acids is 1. The van der Waals surface area contributed by atoms with Crippen LogP contribution in [0.2, 0.25) is 0 Å². The van der Waals surface area contributed by atoms with E-state index in [-0.39, 0.29) is 30.4 Å². The third kappa shape index (κ3) is 3.27. The molecule has 27 heavy (non-hydrogen) atoms. The van der Waals surface area contributed by atoms with Crippen molar-refractivity contribution in [2.45, 2.75) is 6.54 Å². The molecule has 1 amide bonds. The van der Waals surface area contributed by atoms with Gasteiger partial charge in [-0.3, -0.25) is 9.36 Å². The SMILES string of the molecule is Cn1c(-c2ccccc2)nn(CCNC(=O)c2cc3ccccc3o2)c1=O. The minimum atomic E-state index is -0.321. The lowest BCUT2D eigenvalue weighted by molar-refractivity contribution is 0.0926. The average Bonchev–Trinajstić information content (AvgIpc) is 3.25. The Hall–Kier alpha value is -3.61. The van der Waals surface area contributed by atoms with Gasteiger partial charge in [0, 0.05) is 24.5 Å². The first-order valence-corrected chi connectivity index (χ1v) is 8.59. The van der Waals surface area contributed by atoms with Crippen molar-refractivity contribution in [2.75, 3.05) is 6.54 Å². The molecule has 0 fully saturated rings. The molecule has 0 aliphatic rings. The highest BCUT2D eigenvalue weighted by Crippen LogP contribution is 2.18. The lowest BCUT2D eigenvalue weighted by Crippen LogP contribution is -2.31. The number of amides is 1. The minimum Gasteiger partial charge on any atom is -0.451 e. The molecule has 0 bridgehead atoms. The molecule has 0 atom stereocenters. The van der Waals surface area contributed by atoms with Gasteiger partial charge in [0.05, 0.1) is 6.54 Å². The van der Waals surface area contributed by atoms with Gasteiger partial charge in [0.15, 0.2) is 11.6 Å². The molecular weight excluding hydrogens is 344 g/mol. The molecule has 4 aromatic rings. The fraction of sp³-hybridized carbons (Fsp3) is 0.150. The van der Waals surface area contributed by atoms with Gasteiger partial charge >= 0.3 is 5.69 Å². The Morgan fingerprint density at radius 2 is 1.85 bits per heavy atom. The molecule has 136 valence electrons. The molecule has 0 aliphatic heterocycles. The first kappa shape index (κ1) is 16.8. The minimum absolute atomic E-state index is 0.230. The van der Waals surface area contributed by atoms with Crippen LogP contribution in [0.3, 0.4) is 0 Å². The number of furan rings is 1. The number of benzene rings is 2. The molecule has 2 aromatic heterocycles. The number of fused-ring (bicyclic) bond motifs is 1. The maximum atomic E-state index is 12.4. The highest BCUT2D eigenvalue weighted by Gasteiger charge is 2.14. The van der Waals surface area contributed by atoms with Crippen molar-refractivity contribution in [3.05, 3.63) is 76.9 Å². The van der Waals surface area contributed by atoms with Crippen LogP contribution in [-0.4, -0.2) is 26.8 Å². The van der Waals surface area contributed by atoms with Gasteiger partial charge < -0.3 is 9.73 Å². The number of nitrogens with zero attached hydrogens (tertiary/aromatic N) is 3. The normalized spacial score (nSPS) is 11.0. The number of para-hydroxylation sites is 1. The fourth-order valence-electron chi connectivity index (χ4n) is 2.93. The third-order valence-electron chi connectivity index (χ3n) is 4.33. The van der Waals surface area contributed by atoms with E-state index < -0.39 is 0 Å². The van der Waals surface area contributed by atoms with Crippen molar-refractivity contribution in [3.63, 3.8) is 0 Å². The topological polar surface area (TPSA) is 82.1 Å². The van der Waals surface area contributed by atoms with Crippen LogP contribution in [0.25, 0.3) is 22.4 Å². The van der Waals surface area contributed by atoms with E-state index in [1.165, 1.54) is 9.25 Å². The number of rotatable bonds is 5. The number of carbonyl (C=O) groups is 1. The summed E-state index contributed by atoms with van der Waals surface area (Å²) in [5.41, 5.74) is 1.30. The van der Waals surface area contributed by atoms with E-state index >= 15 is 0 Å². The van der Waals surface area contributed by atoms with E-state index in [1.807, 2.05) is 54.6 Å². The van der Waals surface area contributed by atoms with Gasteiger partial charge in [-0.15, -0.1) is 5.10 Å². The maximum Gasteiger partial charge on any atom is 0.345 e. The quantitative estimate of drug-likeness (QED) is 0.591. The van der Waals surface area contributed by atoms with Crippen LogP contribution >= 0.6 is 0 Å². The predicted molar refractivity (Wildman–Crippen MR) is 101 cm³/mol. The van der Waals surface area contributed by atoms with E-state index in [0.29, 0.717) is 11.4 Å². The fourth-order valence-corrected chi connectivity index (χ4v) is 2.93. The monoisotopic (exact) mass is 362 g/mol. The molecule has 4 rings (SSSR count). The summed E-state index contributed by atoms with van der Waals surface area (Å²) < 4.78 is 8.38. The molecule has 0 radical (unpaired) electrons. The van der Waals surface area contributed by atoms with E-state index in [9.17, 15) is 9.59 Å². The summed E-state index contributed by atoms with van der Waals surface area (Å²) in [6.45, 7) is 0.534. The Balaban J connectivity index is 1.45.